The topological polar surface area (TPSA) is 26.3 Å². The second-order valence-electron chi connectivity index (χ2n) is 8.14. The third-order valence-electron chi connectivity index (χ3n) is 3.81. The maximum absolute atomic E-state index is 12.8. The first kappa shape index (κ1) is 22.7. The summed E-state index contributed by atoms with van der Waals surface area (Å²) in [7, 11) is 0. The maximum atomic E-state index is 12.8. The zero-order chi connectivity index (χ0) is 19.0. The van der Waals surface area contributed by atoms with Gasteiger partial charge >= 0.3 is 0 Å². The fraction of sp³-hybridized carbons (Fsp3) is 0.682. The number of carbonyl (C=O) groups is 1. The summed E-state index contributed by atoms with van der Waals surface area (Å²) in [6, 6.07) is 0. The molecule has 2 heteroatoms. The summed E-state index contributed by atoms with van der Waals surface area (Å²) in [5.74, 6) is 0.170. The normalized spacial score (nSPS) is 15.2. The minimum Gasteiger partial charge on any atom is -0.501 e. The van der Waals surface area contributed by atoms with Gasteiger partial charge in [0.05, 0.1) is 12.9 Å². The molecule has 0 unspecified atom stereocenters. The summed E-state index contributed by atoms with van der Waals surface area (Å²) >= 11 is 0. The number of unbranched alkanes of at least 4 members (excludes halogenated alkanes) is 2. The number of allylic oxidation sites excluding steroid dienone is 5. The van der Waals surface area contributed by atoms with E-state index in [1.54, 1.807) is 6.26 Å². The Morgan fingerprint density at radius 1 is 0.917 bits per heavy atom. The molecule has 0 aromatic carbocycles. The number of ketones is 1. The van der Waals surface area contributed by atoms with Gasteiger partial charge in [0.2, 0.25) is 0 Å². The Morgan fingerprint density at radius 3 is 1.75 bits per heavy atom. The van der Waals surface area contributed by atoms with Crippen LogP contribution in [0.3, 0.4) is 0 Å². The lowest BCUT2D eigenvalue weighted by atomic mass is 9.72. The van der Waals surface area contributed by atoms with Gasteiger partial charge in [0.15, 0.2) is 5.78 Å². The van der Waals surface area contributed by atoms with Gasteiger partial charge in [-0.15, -0.1) is 0 Å². The van der Waals surface area contributed by atoms with Crippen molar-refractivity contribution in [3.8, 4) is 0 Å². The van der Waals surface area contributed by atoms with Crippen molar-refractivity contribution >= 4 is 5.78 Å². The van der Waals surface area contributed by atoms with Gasteiger partial charge < -0.3 is 4.74 Å². The van der Waals surface area contributed by atoms with E-state index >= 15 is 0 Å². The molecule has 0 saturated heterocycles. The van der Waals surface area contributed by atoms with Crippen LogP contribution in [-0.4, -0.2) is 12.4 Å². The lowest BCUT2D eigenvalue weighted by Crippen LogP contribution is -2.27. The number of hydrogen-bond donors (Lipinski definition) is 0. The summed E-state index contributed by atoms with van der Waals surface area (Å²) in [5, 5.41) is 0. The first-order valence-electron chi connectivity index (χ1n) is 9.38. The van der Waals surface area contributed by atoms with E-state index in [2.05, 4.69) is 48.5 Å². The van der Waals surface area contributed by atoms with Gasteiger partial charge in [-0.1, -0.05) is 75.2 Å². The van der Waals surface area contributed by atoms with Crippen LogP contribution in [0.5, 0.6) is 0 Å². The van der Waals surface area contributed by atoms with Crippen LogP contribution in [0.15, 0.2) is 35.1 Å². The van der Waals surface area contributed by atoms with E-state index in [1.807, 2.05) is 26.0 Å². The molecule has 0 amide bonds. The Bertz CT molecular complexity index is 455. The molecule has 0 radical (unpaired) electrons. The molecule has 0 aliphatic heterocycles. The van der Waals surface area contributed by atoms with E-state index in [0.717, 1.165) is 29.7 Å². The van der Waals surface area contributed by atoms with Crippen LogP contribution in [0, 0.1) is 10.8 Å². The maximum Gasteiger partial charge on any atom is 0.186 e. The Kier molecular flexibility index (Phi) is 9.32. The van der Waals surface area contributed by atoms with Crippen molar-refractivity contribution < 1.29 is 9.53 Å². The Morgan fingerprint density at radius 2 is 1.38 bits per heavy atom. The van der Waals surface area contributed by atoms with Crippen molar-refractivity contribution in [2.45, 2.75) is 81.6 Å². The zero-order valence-corrected chi connectivity index (χ0v) is 17.4. The van der Waals surface area contributed by atoms with Crippen LogP contribution in [-0.2, 0) is 9.53 Å². The predicted molar refractivity (Wildman–Crippen MR) is 105 cm³/mol. The first-order valence-corrected chi connectivity index (χ1v) is 9.38. The van der Waals surface area contributed by atoms with Gasteiger partial charge in [0.1, 0.15) is 0 Å². The lowest BCUT2D eigenvalue weighted by molar-refractivity contribution is -0.114. The molecule has 0 N–H and O–H groups in total. The minimum atomic E-state index is -0.164. The number of hydrogen-bond acceptors (Lipinski definition) is 2. The highest BCUT2D eigenvalue weighted by atomic mass is 16.5. The van der Waals surface area contributed by atoms with Crippen molar-refractivity contribution in [1.82, 2.24) is 0 Å². The molecule has 0 aromatic heterocycles. The third kappa shape index (κ3) is 7.07. The van der Waals surface area contributed by atoms with Crippen molar-refractivity contribution in [3.63, 3.8) is 0 Å². The molecule has 24 heavy (non-hydrogen) atoms. The van der Waals surface area contributed by atoms with E-state index in [1.165, 1.54) is 12.8 Å². The molecule has 1 aliphatic rings. The molecule has 1 aliphatic carbocycles. The second-order valence-corrected chi connectivity index (χ2v) is 8.14. The summed E-state index contributed by atoms with van der Waals surface area (Å²) < 4.78 is 5.67. The molecule has 138 valence electrons. The van der Waals surface area contributed by atoms with Crippen molar-refractivity contribution in [2.24, 2.45) is 10.8 Å². The SMILES string of the molecule is CC.CCCCCOC=C1C=C(C(C)(C)C)C(=O)C(C(C)(C)C)=C1. The Labute approximate surface area is 150 Å². The molecule has 1 rings (SSSR count). The van der Waals surface area contributed by atoms with Crippen LogP contribution in [0.4, 0.5) is 0 Å². The second kappa shape index (κ2) is 9.86. The quantitative estimate of drug-likeness (QED) is 0.416. The average molecular weight is 335 g/mol. The molecule has 0 spiro atoms. The summed E-state index contributed by atoms with van der Waals surface area (Å²) in [5.41, 5.74) is 2.39. The van der Waals surface area contributed by atoms with Crippen LogP contribution in [0.2, 0.25) is 0 Å². The Balaban J connectivity index is 0.00000254. The standard InChI is InChI=1S/C20H32O2.C2H6/c1-8-9-10-11-22-14-15-12-16(19(2,3)4)18(21)17(13-15)20(5,6)7;1-2/h12-14H,8-11H2,1-7H3;1-2H3. The van der Waals surface area contributed by atoms with Crippen LogP contribution in [0.25, 0.3) is 0 Å². The van der Waals surface area contributed by atoms with Crippen molar-refractivity contribution in [2.75, 3.05) is 6.61 Å². The number of ether oxygens (including phenoxy) is 1. The van der Waals surface area contributed by atoms with E-state index < -0.39 is 0 Å². The zero-order valence-electron chi connectivity index (χ0n) is 17.4. The van der Waals surface area contributed by atoms with Crippen molar-refractivity contribution in [3.05, 3.63) is 35.1 Å². The minimum absolute atomic E-state index is 0.164. The average Bonchev–Trinajstić information content (AvgIpc) is 2.48. The fourth-order valence-corrected chi connectivity index (χ4v) is 2.42. The fourth-order valence-electron chi connectivity index (χ4n) is 2.42. The summed E-state index contributed by atoms with van der Waals surface area (Å²) in [6.45, 7) is 19.4. The monoisotopic (exact) mass is 334 g/mol. The number of carbonyl (C=O) groups excluding carboxylic acids is 1. The highest BCUT2D eigenvalue weighted by Crippen LogP contribution is 2.38. The van der Waals surface area contributed by atoms with E-state index in [0.29, 0.717) is 0 Å². The van der Waals surface area contributed by atoms with Gasteiger partial charge in [0.25, 0.3) is 0 Å². The molecule has 0 saturated carbocycles. The molecular weight excluding hydrogens is 296 g/mol. The largest absolute Gasteiger partial charge is 0.501 e. The molecule has 0 bridgehead atoms. The highest BCUT2D eigenvalue weighted by molar-refractivity contribution is 6.11. The molecule has 0 aromatic rings. The van der Waals surface area contributed by atoms with Gasteiger partial charge in [-0.3, -0.25) is 4.79 Å². The van der Waals surface area contributed by atoms with Crippen LogP contribution < -0.4 is 0 Å². The van der Waals surface area contributed by atoms with E-state index in [4.69, 9.17) is 4.74 Å². The molecule has 0 fully saturated rings. The van der Waals surface area contributed by atoms with Gasteiger partial charge in [-0.25, -0.2) is 0 Å². The molecule has 2 nitrogen and oxygen atoms in total. The van der Waals surface area contributed by atoms with Gasteiger partial charge in [-0.2, -0.15) is 0 Å². The van der Waals surface area contributed by atoms with Crippen LogP contribution in [0.1, 0.15) is 81.6 Å². The van der Waals surface area contributed by atoms with Gasteiger partial charge in [0, 0.05) is 16.7 Å². The molecular formula is C22H38O2. The van der Waals surface area contributed by atoms with Crippen molar-refractivity contribution in [1.29, 1.82) is 0 Å². The van der Waals surface area contributed by atoms with E-state index in [-0.39, 0.29) is 16.6 Å². The van der Waals surface area contributed by atoms with Crippen LogP contribution >= 0.6 is 0 Å². The number of Topliss-reactive ketones (excluding diaryl/α,β-unsaturated/α-hetero) is 1. The molecule has 0 atom stereocenters. The summed E-state index contributed by atoms with van der Waals surface area (Å²) in [6.07, 6.45) is 9.23. The summed E-state index contributed by atoms with van der Waals surface area (Å²) in [4.78, 5) is 12.8. The number of rotatable bonds is 5. The first-order chi connectivity index (χ1) is 11.1. The van der Waals surface area contributed by atoms with E-state index in [9.17, 15) is 4.79 Å². The Hall–Kier alpha value is -1.31. The smallest absolute Gasteiger partial charge is 0.186 e. The third-order valence-corrected chi connectivity index (χ3v) is 3.81. The molecule has 0 heterocycles. The predicted octanol–water partition coefficient (Wildman–Crippen LogP) is 6.63. The highest BCUT2D eigenvalue weighted by Gasteiger charge is 2.33. The lowest BCUT2D eigenvalue weighted by Gasteiger charge is -2.31. The van der Waals surface area contributed by atoms with Gasteiger partial charge in [-0.05, 0) is 29.4 Å².